The van der Waals surface area contributed by atoms with Gasteiger partial charge >= 0.3 is 0 Å². The highest BCUT2D eigenvalue weighted by molar-refractivity contribution is 9.10. The average Bonchev–Trinajstić information content (AvgIpc) is 3.17. The molecule has 0 aliphatic carbocycles. The molecule has 2 heterocycles. The van der Waals surface area contributed by atoms with Crippen molar-refractivity contribution in [2.24, 2.45) is 0 Å². The van der Waals surface area contributed by atoms with E-state index in [1.807, 2.05) is 29.2 Å². The topological polar surface area (TPSA) is 45.7 Å². The number of thiazole rings is 1. The summed E-state index contributed by atoms with van der Waals surface area (Å²) in [6, 6.07) is 13.9. The zero-order valence-electron chi connectivity index (χ0n) is 16.4. The number of aromatic nitrogens is 1. The highest BCUT2D eigenvalue weighted by Crippen LogP contribution is 2.31. The van der Waals surface area contributed by atoms with Gasteiger partial charge in [-0.05, 0) is 48.4 Å². The first-order valence-electron chi connectivity index (χ1n) is 9.91. The number of rotatable bonds is 6. The lowest BCUT2D eigenvalue weighted by Gasteiger charge is -2.29. The fourth-order valence-corrected chi connectivity index (χ4v) is 4.71. The maximum absolute atomic E-state index is 13.4. The number of amides is 1. The van der Waals surface area contributed by atoms with Crippen molar-refractivity contribution in [1.29, 1.82) is 0 Å². The molecule has 0 radical (unpaired) electrons. The van der Waals surface area contributed by atoms with Crippen LogP contribution in [-0.4, -0.2) is 55.2 Å². The van der Waals surface area contributed by atoms with Gasteiger partial charge in [0.05, 0.1) is 23.4 Å². The van der Waals surface area contributed by atoms with Crippen LogP contribution < -0.4 is 4.90 Å². The predicted molar refractivity (Wildman–Crippen MR) is 122 cm³/mol. The van der Waals surface area contributed by atoms with Gasteiger partial charge < -0.3 is 4.74 Å². The summed E-state index contributed by atoms with van der Waals surface area (Å²) in [7, 11) is 0. The van der Waals surface area contributed by atoms with E-state index in [2.05, 4.69) is 46.0 Å². The van der Waals surface area contributed by atoms with E-state index in [-0.39, 0.29) is 5.91 Å². The number of aryl methyl sites for hydroxylation is 1. The molecule has 1 aliphatic rings. The van der Waals surface area contributed by atoms with E-state index in [4.69, 9.17) is 9.72 Å². The maximum atomic E-state index is 13.4. The number of nitrogens with zero attached hydrogens (tertiary/aromatic N) is 3. The Bertz CT molecular complexity index is 983. The van der Waals surface area contributed by atoms with Crippen LogP contribution in [0.25, 0.3) is 10.2 Å². The van der Waals surface area contributed by atoms with Gasteiger partial charge in [-0.2, -0.15) is 0 Å². The molecule has 1 saturated heterocycles. The van der Waals surface area contributed by atoms with E-state index >= 15 is 0 Å². The Labute approximate surface area is 183 Å². The first-order valence-corrected chi connectivity index (χ1v) is 11.5. The number of hydrogen-bond donors (Lipinski definition) is 0. The van der Waals surface area contributed by atoms with Gasteiger partial charge in [-0.3, -0.25) is 14.6 Å². The van der Waals surface area contributed by atoms with E-state index in [9.17, 15) is 4.79 Å². The first kappa shape index (κ1) is 20.5. The molecule has 0 N–H and O–H groups in total. The van der Waals surface area contributed by atoms with Gasteiger partial charge in [-0.25, -0.2) is 4.98 Å². The third kappa shape index (κ3) is 4.86. The number of hydrogen-bond acceptors (Lipinski definition) is 5. The summed E-state index contributed by atoms with van der Waals surface area (Å²) >= 11 is 5.03. The molecule has 4 rings (SSSR count). The second-order valence-corrected chi connectivity index (χ2v) is 8.99. The van der Waals surface area contributed by atoms with Crippen LogP contribution in [0.4, 0.5) is 5.13 Å². The monoisotopic (exact) mass is 473 g/mol. The second kappa shape index (κ2) is 9.34. The van der Waals surface area contributed by atoms with Crippen LogP contribution in [0, 0.1) is 0 Å². The quantitative estimate of drug-likeness (QED) is 0.524. The fraction of sp³-hybridized carbons (Fsp3) is 0.364. The largest absolute Gasteiger partial charge is 0.379 e. The highest BCUT2D eigenvalue weighted by Gasteiger charge is 2.23. The Morgan fingerprint density at radius 3 is 2.69 bits per heavy atom. The third-order valence-electron chi connectivity index (χ3n) is 5.16. The first-order chi connectivity index (χ1) is 14.1. The Hall–Kier alpha value is -1.80. The van der Waals surface area contributed by atoms with Crippen LogP contribution >= 0.6 is 27.3 Å². The smallest absolute Gasteiger partial charge is 0.260 e. The van der Waals surface area contributed by atoms with Crippen molar-refractivity contribution < 1.29 is 9.53 Å². The van der Waals surface area contributed by atoms with Gasteiger partial charge in [-0.1, -0.05) is 40.3 Å². The molecule has 0 saturated carbocycles. The molecular weight excluding hydrogens is 450 g/mol. The molecule has 0 bridgehead atoms. The summed E-state index contributed by atoms with van der Waals surface area (Å²) in [6.07, 6.45) is 0.988. The number of morpholine rings is 1. The number of benzene rings is 2. The molecule has 3 aromatic rings. The summed E-state index contributed by atoms with van der Waals surface area (Å²) in [5.74, 6) is -0.0134. The summed E-state index contributed by atoms with van der Waals surface area (Å²) in [6.45, 7) is 6.87. The maximum Gasteiger partial charge on any atom is 0.260 e. The minimum atomic E-state index is -0.0134. The number of carbonyl (C=O) groups is 1. The number of anilines is 1. The Morgan fingerprint density at radius 2 is 1.97 bits per heavy atom. The van der Waals surface area contributed by atoms with Gasteiger partial charge in [0.2, 0.25) is 0 Å². The molecule has 29 heavy (non-hydrogen) atoms. The molecule has 1 amide bonds. The number of carbonyl (C=O) groups excluding carboxylic acids is 1. The average molecular weight is 474 g/mol. The van der Waals surface area contributed by atoms with Crippen LogP contribution in [-0.2, 0) is 11.2 Å². The molecule has 1 aromatic heterocycles. The van der Waals surface area contributed by atoms with Crippen molar-refractivity contribution in [1.82, 2.24) is 9.88 Å². The van der Waals surface area contributed by atoms with Crippen molar-refractivity contribution in [3.05, 3.63) is 58.1 Å². The molecule has 7 heteroatoms. The van der Waals surface area contributed by atoms with Crippen molar-refractivity contribution in [3.63, 3.8) is 0 Å². The van der Waals surface area contributed by atoms with Gasteiger partial charge in [0.25, 0.3) is 5.91 Å². The fourth-order valence-electron chi connectivity index (χ4n) is 3.39. The normalized spacial score (nSPS) is 15.0. The molecule has 2 aromatic carbocycles. The highest BCUT2D eigenvalue weighted by atomic mass is 79.9. The van der Waals surface area contributed by atoms with Crippen molar-refractivity contribution in [3.8, 4) is 0 Å². The lowest BCUT2D eigenvalue weighted by Crippen LogP contribution is -2.43. The van der Waals surface area contributed by atoms with Gasteiger partial charge in [0.15, 0.2) is 5.13 Å². The molecule has 1 fully saturated rings. The molecule has 0 atom stereocenters. The SMILES string of the molecule is CCc1ccc2nc(N(CCN3CCOCC3)C(=O)c3ccc(Br)cc3)sc2c1. The Kier molecular flexibility index (Phi) is 6.60. The minimum absolute atomic E-state index is 0.0134. The zero-order chi connectivity index (χ0) is 20.2. The molecular formula is C22H24BrN3O2S. The van der Waals surface area contributed by atoms with Crippen molar-refractivity contribution >= 4 is 48.5 Å². The molecule has 152 valence electrons. The van der Waals surface area contributed by atoms with Gasteiger partial charge in [0.1, 0.15) is 0 Å². The second-order valence-electron chi connectivity index (χ2n) is 7.07. The number of halogens is 1. The Balaban J connectivity index is 1.63. The van der Waals surface area contributed by atoms with E-state index < -0.39 is 0 Å². The predicted octanol–water partition coefficient (Wildman–Crippen LogP) is 4.60. The number of ether oxygens (including phenoxy) is 1. The summed E-state index contributed by atoms with van der Waals surface area (Å²) in [5.41, 5.74) is 2.90. The van der Waals surface area contributed by atoms with Gasteiger partial charge in [-0.15, -0.1) is 0 Å². The molecule has 0 unspecified atom stereocenters. The molecule has 5 nitrogen and oxygen atoms in total. The lowest BCUT2D eigenvalue weighted by atomic mass is 10.2. The summed E-state index contributed by atoms with van der Waals surface area (Å²) in [5, 5.41) is 0.759. The third-order valence-corrected chi connectivity index (χ3v) is 6.73. The standard InChI is InChI=1S/C22H24BrN3O2S/c1-2-16-3-8-19-20(15-16)29-22(24-19)26(10-9-25-11-13-28-14-12-25)21(27)17-4-6-18(23)7-5-17/h3-8,15H,2,9-14H2,1H3. The summed E-state index contributed by atoms with van der Waals surface area (Å²) < 4.78 is 7.53. The van der Waals surface area contributed by atoms with Gasteiger partial charge in [0, 0.05) is 36.2 Å². The lowest BCUT2D eigenvalue weighted by molar-refractivity contribution is 0.0391. The van der Waals surface area contributed by atoms with E-state index in [1.54, 1.807) is 11.3 Å². The van der Waals surface area contributed by atoms with E-state index in [0.717, 1.165) is 59.1 Å². The number of fused-ring (bicyclic) bond motifs is 1. The van der Waals surface area contributed by atoms with Crippen LogP contribution in [0.3, 0.4) is 0 Å². The van der Waals surface area contributed by atoms with Crippen LogP contribution in [0.5, 0.6) is 0 Å². The van der Waals surface area contributed by atoms with E-state index in [0.29, 0.717) is 12.1 Å². The molecule has 1 aliphatic heterocycles. The van der Waals surface area contributed by atoms with Crippen molar-refractivity contribution in [2.75, 3.05) is 44.3 Å². The van der Waals surface area contributed by atoms with Crippen LogP contribution in [0.1, 0.15) is 22.8 Å². The summed E-state index contributed by atoms with van der Waals surface area (Å²) in [4.78, 5) is 22.3. The Morgan fingerprint density at radius 1 is 1.21 bits per heavy atom. The van der Waals surface area contributed by atoms with Crippen LogP contribution in [0.15, 0.2) is 46.9 Å². The van der Waals surface area contributed by atoms with Crippen molar-refractivity contribution in [2.45, 2.75) is 13.3 Å². The molecule has 0 spiro atoms. The minimum Gasteiger partial charge on any atom is -0.379 e. The zero-order valence-corrected chi connectivity index (χ0v) is 18.8. The van der Waals surface area contributed by atoms with Crippen LogP contribution in [0.2, 0.25) is 0 Å². The van der Waals surface area contributed by atoms with E-state index in [1.165, 1.54) is 5.56 Å².